The Kier molecular flexibility index (Phi) is 4.34. The summed E-state index contributed by atoms with van der Waals surface area (Å²) in [6.07, 6.45) is 5.73. The summed E-state index contributed by atoms with van der Waals surface area (Å²) < 4.78 is 13.1. The Morgan fingerprint density at radius 3 is 2.73 bits per heavy atom. The first-order valence-electron chi connectivity index (χ1n) is 9.17. The van der Waals surface area contributed by atoms with Crippen molar-refractivity contribution in [2.45, 2.75) is 39.2 Å². The average Bonchev–Trinajstić information content (AvgIpc) is 2.64. The second-order valence-electron chi connectivity index (χ2n) is 7.54. The summed E-state index contributed by atoms with van der Waals surface area (Å²) in [5.74, 6) is 1.31. The SMILES string of the molecule is Cc1ccc(NC(=O)N2C[C@@H]3CC[C@@H]2C[C@@H]3C)cc1-c1ncc(F)cn1.[HH]. The maximum atomic E-state index is 13.1. The van der Waals surface area contributed by atoms with E-state index in [1.54, 1.807) is 0 Å². The Morgan fingerprint density at radius 2 is 2.08 bits per heavy atom. The molecule has 5 nitrogen and oxygen atoms in total. The van der Waals surface area contributed by atoms with Crippen LogP contribution in [0.1, 0.15) is 33.2 Å². The third kappa shape index (κ3) is 3.16. The van der Waals surface area contributed by atoms with Crippen LogP contribution >= 0.6 is 0 Å². The van der Waals surface area contributed by atoms with Crippen LogP contribution in [0.5, 0.6) is 0 Å². The van der Waals surface area contributed by atoms with Crippen molar-refractivity contribution in [1.29, 1.82) is 0 Å². The van der Waals surface area contributed by atoms with Gasteiger partial charge in [-0.1, -0.05) is 13.0 Å². The number of piperidine rings is 2. The van der Waals surface area contributed by atoms with Crippen molar-refractivity contribution in [1.82, 2.24) is 14.9 Å². The van der Waals surface area contributed by atoms with Gasteiger partial charge in [0.2, 0.25) is 0 Å². The van der Waals surface area contributed by atoms with Crippen molar-refractivity contribution in [2.24, 2.45) is 11.8 Å². The van der Waals surface area contributed by atoms with E-state index in [0.29, 0.717) is 29.4 Å². The van der Waals surface area contributed by atoms with E-state index in [2.05, 4.69) is 22.2 Å². The summed E-state index contributed by atoms with van der Waals surface area (Å²) in [4.78, 5) is 22.9. The molecule has 2 aromatic rings. The lowest BCUT2D eigenvalue weighted by molar-refractivity contribution is 0.0429. The van der Waals surface area contributed by atoms with Gasteiger partial charge in [0.1, 0.15) is 0 Å². The molecule has 1 aromatic carbocycles. The molecule has 2 bridgehead atoms. The van der Waals surface area contributed by atoms with Gasteiger partial charge in [0, 0.05) is 25.3 Å². The number of nitrogens with one attached hydrogen (secondary N) is 1. The lowest BCUT2D eigenvalue weighted by Crippen LogP contribution is -2.54. The van der Waals surface area contributed by atoms with Gasteiger partial charge in [-0.2, -0.15) is 0 Å². The lowest BCUT2D eigenvalue weighted by atomic mass is 9.73. The summed E-state index contributed by atoms with van der Waals surface area (Å²) in [5.41, 5.74) is 2.47. The van der Waals surface area contributed by atoms with Crippen LogP contribution in [-0.4, -0.2) is 33.5 Å². The van der Waals surface area contributed by atoms with Gasteiger partial charge in [0.15, 0.2) is 11.6 Å². The van der Waals surface area contributed by atoms with Gasteiger partial charge in [-0.3, -0.25) is 0 Å². The lowest BCUT2D eigenvalue weighted by Gasteiger charge is -2.48. The molecular formula is C20H25FN4O. The predicted molar refractivity (Wildman–Crippen MR) is 100 cm³/mol. The highest BCUT2D eigenvalue weighted by Gasteiger charge is 2.40. The van der Waals surface area contributed by atoms with Crippen molar-refractivity contribution < 1.29 is 10.6 Å². The molecule has 1 N–H and O–H groups in total. The van der Waals surface area contributed by atoms with Crippen LogP contribution in [0.2, 0.25) is 0 Å². The minimum atomic E-state index is -0.467. The monoisotopic (exact) mass is 356 g/mol. The molecule has 2 saturated heterocycles. The van der Waals surface area contributed by atoms with Crippen molar-refractivity contribution in [2.75, 3.05) is 11.9 Å². The highest BCUT2D eigenvalue weighted by Crippen LogP contribution is 2.39. The number of aromatic nitrogens is 2. The quantitative estimate of drug-likeness (QED) is 0.862. The zero-order valence-corrected chi connectivity index (χ0v) is 15.1. The third-order valence-corrected chi connectivity index (χ3v) is 5.80. The second kappa shape index (κ2) is 6.67. The van der Waals surface area contributed by atoms with E-state index in [-0.39, 0.29) is 7.46 Å². The number of rotatable bonds is 2. The molecule has 3 aliphatic rings. The molecule has 2 amide bonds. The number of fused-ring (bicyclic) bond motifs is 3. The van der Waals surface area contributed by atoms with Crippen LogP contribution in [0.4, 0.5) is 14.9 Å². The number of nitrogens with zero attached hydrogens (tertiary/aromatic N) is 3. The number of anilines is 1. The number of amides is 2. The van der Waals surface area contributed by atoms with E-state index in [9.17, 15) is 9.18 Å². The van der Waals surface area contributed by atoms with Gasteiger partial charge < -0.3 is 10.2 Å². The molecule has 0 unspecified atom stereocenters. The van der Waals surface area contributed by atoms with E-state index in [1.165, 1.54) is 6.42 Å². The summed E-state index contributed by atoms with van der Waals surface area (Å²) in [5, 5.41) is 3.02. The molecule has 1 aliphatic carbocycles. The van der Waals surface area contributed by atoms with Crippen molar-refractivity contribution in [3.8, 4) is 11.4 Å². The van der Waals surface area contributed by atoms with Crippen LogP contribution in [0.3, 0.4) is 0 Å². The minimum absolute atomic E-state index is 0. The molecule has 1 aromatic heterocycles. The number of aryl methyl sites for hydroxylation is 1. The minimum Gasteiger partial charge on any atom is -0.321 e. The first-order valence-corrected chi connectivity index (χ1v) is 9.17. The van der Waals surface area contributed by atoms with Crippen molar-refractivity contribution in [3.05, 3.63) is 42.0 Å². The van der Waals surface area contributed by atoms with E-state index >= 15 is 0 Å². The number of halogens is 1. The summed E-state index contributed by atoms with van der Waals surface area (Å²) in [7, 11) is 0. The molecule has 3 atom stereocenters. The molecule has 3 fully saturated rings. The molecular weight excluding hydrogens is 331 g/mol. The average molecular weight is 356 g/mol. The van der Waals surface area contributed by atoms with E-state index in [4.69, 9.17) is 0 Å². The maximum absolute atomic E-state index is 13.1. The Labute approximate surface area is 154 Å². The zero-order valence-electron chi connectivity index (χ0n) is 15.1. The van der Waals surface area contributed by atoms with Crippen molar-refractivity contribution in [3.63, 3.8) is 0 Å². The molecule has 0 radical (unpaired) electrons. The molecule has 1 saturated carbocycles. The standard InChI is InChI=1S/C20H23FN4O.H2/c1-12-3-5-16(8-18(12)19-22-9-15(21)10-23-19)24-20(26)25-11-14-4-6-17(25)7-13(14)2;/h3,5,8-10,13-14,17H,4,6-7,11H2,1-2H3,(H,24,26);1H/t13-,14-,17+;/m0./s1. The molecule has 138 valence electrons. The number of hydrogen-bond acceptors (Lipinski definition) is 3. The Balaban J connectivity index is 0.00000210. The van der Waals surface area contributed by atoms with Crippen molar-refractivity contribution >= 4 is 11.7 Å². The maximum Gasteiger partial charge on any atom is 0.322 e. The molecule has 26 heavy (non-hydrogen) atoms. The van der Waals surface area contributed by atoms with E-state index in [1.807, 2.05) is 30.0 Å². The Bertz CT molecular complexity index is 829. The molecule has 6 heteroatoms. The number of carbonyl (C=O) groups is 1. The van der Waals surface area contributed by atoms with Gasteiger partial charge >= 0.3 is 6.03 Å². The second-order valence-corrected chi connectivity index (χ2v) is 7.54. The smallest absolute Gasteiger partial charge is 0.321 e. The van der Waals surface area contributed by atoms with Gasteiger partial charge in [-0.15, -0.1) is 0 Å². The Hall–Kier alpha value is -2.50. The first kappa shape index (κ1) is 16.9. The van der Waals surface area contributed by atoms with Gasteiger partial charge in [-0.25, -0.2) is 19.2 Å². The highest BCUT2D eigenvalue weighted by molar-refractivity contribution is 5.90. The molecule has 5 rings (SSSR count). The van der Waals surface area contributed by atoms with Crippen LogP contribution < -0.4 is 5.32 Å². The fraction of sp³-hybridized carbons (Fsp3) is 0.450. The van der Waals surface area contributed by atoms with E-state index in [0.717, 1.165) is 42.9 Å². The zero-order chi connectivity index (χ0) is 18.3. The number of urea groups is 1. The molecule has 0 spiro atoms. The van der Waals surface area contributed by atoms with Crippen LogP contribution in [0.15, 0.2) is 30.6 Å². The normalized spacial score (nSPS) is 24.6. The topological polar surface area (TPSA) is 58.1 Å². The number of benzene rings is 1. The predicted octanol–water partition coefficient (Wildman–Crippen LogP) is 4.49. The number of carbonyl (C=O) groups excluding carboxylic acids is 1. The summed E-state index contributed by atoms with van der Waals surface area (Å²) in [6.45, 7) is 5.08. The highest BCUT2D eigenvalue weighted by atomic mass is 19.1. The van der Waals surface area contributed by atoms with Gasteiger partial charge in [0.25, 0.3) is 0 Å². The molecule has 3 heterocycles. The Morgan fingerprint density at radius 1 is 1.31 bits per heavy atom. The van der Waals surface area contributed by atoms with Gasteiger partial charge in [0.05, 0.1) is 12.4 Å². The fourth-order valence-corrected chi connectivity index (χ4v) is 4.22. The first-order chi connectivity index (χ1) is 12.5. The van der Waals surface area contributed by atoms with Crippen LogP contribution in [0.25, 0.3) is 11.4 Å². The largest absolute Gasteiger partial charge is 0.322 e. The fourth-order valence-electron chi connectivity index (χ4n) is 4.22. The van der Waals surface area contributed by atoms with Crippen LogP contribution in [-0.2, 0) is 0 Å². The van der Waals surface area contributed by atoms with Gasteiger partial charge in [-0.05, 0) is 55.7 Å². The van der Waals surface area contributed by atoms with E-state index < -0.39 is 5.82 Å². The molecule has 2 aliphatic heterocycles. The summed E-state index contributed by atoms with van der Waals surface area (Å²) in [6, 6.07) is 5.96. The van der Waals surface area contributed by atoms with Crippen LogP contribution in [0, 0.1) is 24.6 Å². The number of hydrogen-bond donors (Lipinski definition) is 1. The summed E-state index contributed by atoms with van der Waals surface area (Å²) >= 11 is 0. The third-order valence-electron chi connectivity index (χ3n) is 5.80.